The highest BCUT2D eigenvalue weighted by atomic mass is 79.9. The van der Waals surface area contributed by atoms with Crippen LogP contribution in [0.15, 0.2) is 40.6 Å². The van der Waals surface area contributed by atoms with Gasteiger partial charge in [-0.05, 0) is 31.2 Å². The standard InChI is InChI=1S/C17H14BrF3N4OS/c1-9-15(27-14(8-26)25(9)2)13-3-4-22-16(24-13)23-12-6-10(17(19,20)21)5-11(18)7-12/h3-8,14H,1-2H3,(H,22,23,24). The van der Waals surface area contributed by atoms with E-state index >= 15 is 0 Å². The third kappa shape index (κ3) is 4.27. The first-order chi connectivity index (χ1) is 12.7. The van der Waals surface area contributed by atoms with Crippen LogP contribution in [0.3, 0.4) is 0 Å². The average Bonchev–Trinajstić information content (AvgIpc) is 2.89. The Balaban J connectivity index is 1.90. The van der Waals surface area contributed by atoms with Gasteiger partial charge in [0.15, 0.2) is 6.29 Å². The maximum Gasteiger partial charge on any atom is 0.416 e. The second-order valence-corrected chi connectivity index (χ2v) is 7.83. The van der Waals surface area contributed by atoms with Crippen molar-refractivity contribution < 1.29 is 18.0 Å². The number of carbonyl (C=O) groups excluding carboxylic acids is 1. The fourth-order valence-electron chi connectivity index (χ4n) is 2.50. The number of aromatic nitrogens is 2. The number of anilines is 2. The molecule has 0 saturated heterocycles. The molecule has 1 aliphatic rings. The quantitative estimate of drug-likeness (QED) is 0.657. The molecule has 0 spiro atoms. The van der Waals surface area contributed by atoms with Crippen LogP contribution in [0.2, 0.25) is 0 Å². The van der Waals surface area contributed by atoms with Crippen LogP contribution in [-0.2, 0) is 11.0 Å². The number of aldehydes is 1. The van der Waals surface area contributed by atoms with Crippen molar-refractivity contribution >= 4 is 50.5 Å². The molecule has 3 rings (SSSR count). The predicted octanol–water partition coefficient (Wildman–Crippen LogP) is 4.89. The van der Waals surface area contributed by atoms with Crippen LogP contribution in [0.25, 0.3) is 4.91 Å². The summed E-state index contributed by atoms with van der Waals surface area (Å²) in [7, 11) is 1.81. The minimum Gasteiger partial charge on any atom is -0.359 e. The first-order valence-electron chi connectivity index (χ1n) is 7.73. The summed E-state index contributed by atoms with van der Waals surface area (Å²) in [5, 5.41) is 2.48. The van der Waals surface area contributed by atoms with E-state index in [0.29, 0.717) is 5.69 Å². The predicted molar refractivity (Wildman–Crippen MR) is 102 cm³/mol. The summed E-state index contributed by atoms with van der Waals surface area (Å²) in [6, 6.07) is 5.20. The topological polar surface area (TPSA) is 58.1 Å². The minimum absolute atomic E-state index is 0.164. The number of nitrogens with zero attached hydrogens (tertiary/aromatic N) is 3. The molecule has 2 aromatic rings. The second kappa shape index (κ2) is 7.51. The molecule has 0 fully saturated rings. The Hall–Kier alpha value is -2.07. The van der Waals surface area contributed by atoms with Gasteiger partial charge in [0.2, 0.25) is 5.95 Å². The van der Waals surface area contributed by atoms with Gasteiger partial charge in [-0.3, -0.25) is 0 Å². The molecule has 1 unspecified atom stereocenters. The van der Waals surface area contributed by atoms with E-state index in [1.165, 1.54) is 24.0 Å². The number of halogens is 4. The van der Waals surface area contributed by atoms with E-state index in [1.807, 2.05) is 18.9 Å². The van der Waals surface area contributed by atoms with Gasteiger partial charge < -0.3 is 15.0 Å². The largest absolute Gasteiger partial charge is 0.416 e. The van der Waals surface area contributed by atoms with Gasteiger partial charge >= 0.3 is 6.18 Å². The Bertz CT molecular complexity index is 919. The summed E-state index contributed by atoms with van der Waals surface area (Å²) in [6.07, 6.45) is -2.09. The van der Waals surface area contributed by atoms with Gasteiger partial charge in [-0.2, -0.15) is 13.2 Å². The van der Waals surface area contributed by atoms with Crippen molar-refractivity contribution in [1.29, 1.82) is 0 Å². The summed E-state index contributed by atoms with van der Waals surface area (Å²) in [5.41, 5.74) is 0.915. The van der Waals surface area contributed by atoms with Crippen LogP contribution in [0.5, 0.6) is 0 Å². The number of carbonyl (C=O) groups is 1. The SMILES string of the molecule is CC1=C(c2ccnc(Nc3cc(Br)cc(C(F)(F)F)c3)n2)SC(C=O)N1C. The van der Waals surface area contributed by atoms with E-state index in [-0.39, 0.29) is 21.5 Å². The minimum atomic E-state index is -4.46. The lowest BCUT2D eigenvalue weighted by molar-refractivity contribution is -0.137. The van der Waals surface area contributed by atoms with E-state index in [1.54, 1.807) is 6.07 Å². The maximum absolute atomic E-state index is 13.0. The fourth-order valence-corrected chi connectivity index (χ4v) is 4.16. The summed E-state index contributed by atoms with van der Waals surface area (Å²) < 4.78 is 39.2. The van der Waals surface area contributed by atoms with Gasteiger partial charge in [0.1, 0.15) is 5.37 Å². The van der Waals surface area contributed by atoms with Gasteiger partial charge in [-0.1, -0.05) is 27.7 Å². The maximum atomic E-state index is 13.0. The van der Waals surface area contributed by atoms with E-state index in [0.717, 1.165) is 29.0 Å². The molecule has 1 aromatic heterocycles. The van der Waals surface area contributed by atoms with Crippen LogP contribution >= 0.6 is 27.7 Å². The molecule has 1 aliphatic heterocycles. The zero-order chi connectivity index (χ0) is 19.8. The highest BCUT2D eigenvalue weighted by Crippen LogP contribution is 2.41. The van der Waals surface area contributed by atoms with Crippen LogP contribution < -0.4 is 5.32 Å². The third-order valence-electron chi connectivity index (χ3n) is 3.96. The summed E-state index contributed by atoms with van der Waals surface area (Å²) in [6.45, 7) is 1.88. The molecule has 1 atom stereocenters. The lowest BCUT2D eigenvalue weighted by atomic mass is 10.2. The molecule has 2 heterocycles. The van der Waals surface area contributed by atoms with Crippen molar-refractivity contribution in [3.63, 3.8) is 0 Å². The van der Waals surface area contributed by atoms with Crippen LogP contribution in [-0.4, -0.2) is 33.6 Å². The smallest absolute Gasteiger partial charge is 0.359 e. The number of allylic oxidation sites excluding steroid dienone is 1. The first-order valence-corrected chi connectivity index (χ1v) is 9.40. The molecule has 0 amide bonds. The Morgan fingerprint density at radius 3 is 2.70 bits per heavy atom. The molecule has 142 valence electrons. The Morgan fingerprint density at radius 2 is 2.07 bits per heavy atom. The highest BCUT2D eigenvalue weighted by Gasteiger charge is 2.31. The van der Waals surface area contributed by atoms with Crippen molar-refractivity contribution in [3.8, 4) is 0 Å². The normalized spacial score (nSPS) is 17.4. The summed E-state index contributed by atoms with van der Waals surface area (Å²) in [5.74, 6) is 0.164. The zero-order valence-corrected chi connectivity index (χ0v) is 16.6. The molecule has 0 radical (unpaired) electrons. The van der Waals surface area contributed by atoms with Gasteiger partial charge in [0, 0.05) is 29.1 Å². The number of hydrogen-bond donors (Lipinski definition) is 1. The number of nitrogens with one attached hydrogen (secondary N) is 1. The molecule has 10 heteroatoms. The van der Waals surface area contributed by atoms with Crippen molar-refractivity contribution in [3.05, 3.63) is 51.9 Å². The van der Waals surface area contributed by atoms with E-state index in [9.17, 15) is 18.0 Å². The molecule has 5 nitrogen and oxygen atoms in total. The lowest BCUT2D eigenvalue weighted by Gasteiger charge is -2.16. The average molecular weight is 459 g/mol. The number of hydrogen-bond acceptors (Lipinski definition) is 6. The van der Waals surface area contributed by atoms with Gasteiger partial charge in [-0.25, -0.2) is 9.97 Å². The van der Waals surface area contributed by atoms with Gasteiger partial charge in [0.25, 0.3) is 0 Å². The Kier molecular flexibility index (Phi) is 5.48. The van der Waals surface area contributed by atoms with Crippen LogP contribution in [0.4, 0.5) is 24.8 Å². The molecule has 0 bridgehead atoms. The van der Waals surface area contributed by atoms with E-state index < -0.39 is 11.7 Å². The molecular formula is C17H14BrF3N4OS. The first kappa shape index (κ1) is 19.7. The highest BCUT2D eigenvalue weighted by molar-refractivity contribution is 9.10. The molecule has 1 aromatic carbocycles. The van der Waals surface area contributed by atoms with Crippen molar-refractivity contribution in [1.82, 2.24) is 14.9 Å². The zero-order valence-electron chi connectivity index (χ0n) is 14.2. The number of thioether (sulfide) groups is 1. The number of benzene rings is 1. The summed E-state index contributed by atoms with van der Waals surface area (Å²) >= 11 is 4.45. The van der Waals surface area contributed by atoms with Crippen LogP contribution in [0, 0.1) is 0 Å². The monoisotopic (exact) mass is 458 g/mol. The van der Waals surface area contributed by atoms with E-state index in [4.69, 9.17) is 0 Å². The third-order valence-corrected chi connectivity index (χ3v) is 5.83. The number of rotatable bonds is 4. The van der Waals surface area contributed by atoms with Gasteiger partial charge in [-0.15, -0.1) is 0 Å². The fraction of sp³-hybridized carbons (Fsp3) is 0.235. The van der Waals surface area contributed by atoms with Crippen LogP contribution in [0.1, 0.15) is 18.2 Å². The Labute approximate surface area is 166 Å². The van der Waals surface area contributed by atoms with Crippen molar-refractivity contribution in [2.24, 2.45) is 0 Å². The van der Waals surface area contributed by atoms with Crippen molar-refractivity contribution in [2.45, 2.75) is 18.5 Å². The number of likely N-dealkylation sites (N-methyl/N-ethyl adjacent to an activating group) is 1. The number of alkyl halides is 3. The van der Waals surface area contributed by atoms with Gasteiger partial charge in [0.05, 0.1) is 16.2 Å². The Morgan fingerprint density at radius 1 is 1.33 bits per heavy atom. The molecule has 27 heavy (non-hydrogen) atoms. The molecule has 0 aliphatic carbocycles. The molecular weight excluding hydrogens is 445 g/mol. The lowest BCUT2D eigenvalue weighted by Crippen LogP contribution is -2.23. The molecule has 1 N–H and O–H groups in total. The van der Waals surface area contributed by atoms with Crippen molar-refractivity contribution in [2.75, 3.05) is 12.4 Å². The molecule has 0 saturated carbocycles. The summed E-state index contributed by atoms with van der Waals surface area (Å²) in [4.78, 5) is 22.3. The second-order valence-electron chi connectivity index (χ2n) is 5.79. The van der Waals surface area contributed by atoms with E-state index in [2.05, 4.69) is 31.2 Å².